The molecule has 0 saturated carbocycles. The second-order valence-corrected chi connectivity index (χ2v) is 6.86. The molecule has 1 N–H and O–H groups in total. The van der Waals surface area contributed by atoms with Crippen LogP contribution in [-0.4, -0.2) is 35.8 Å². The van der Waals surface area contributed by atoms with Gasteiger partial charge in [-0.2, -0.15) is 0 Å². The van der Waals surface area contributed by atoms with E-state index in [0.717, 1.165) is 11.1 Å². The van der Waals surface area contributed by atoms with E-state index in [1.54, 1.807) is 11.0 Å². The van der Waals surface area contributed by atoms with E-state index in [1.807, 2.05) is 60.7 Å². The molecule has 0 atom stereocenters. The van der Waals surface area contributed by atoms with Crippen LogP contribution < -0.4 is 5.32 Å². The fourth-order valence-electron chi connectivity index (χ4n) is 2.92. The van der Waals surface area contributed by atoms with Gasteiger partial charge in [0, 0.05) is 19.6 Å². The Hall–Kier alpha value is -3.87. The number of nitrogens with one attached hydrogen (secondary N) is 1. The van der Waals surface area contributed by atoms with Crippen molar-refractivity contribution in [2.75, 3.05) is 13.2 Å². The summed E-state index contributed by atoms with van der Waals surface area (Å²) in [7, 11) is 0. The molecule has 160 valence electrons. The lowest BCUT2D eigenvalue weighted by atomic mass is 10.1. The van der Waals surface area contributed by atoms with Gasteiger partial charge in [0.25, 0.3) is 11.8 Å². The first-order chi connectivity index (χ1) is 15.1. The summed E-state index contributed by atoms with van der Waals surface area (Å²) in [6.45, 7) is 0.547. The molecule has 0 radical (unpaired) electrons. The van der Waals surface area contributed by atoms with E-state index < -0.39 is 11.9 Å². The minimum Gasteiger partial charge on any atom is -0.459 e. The molecule has 2 aromatic carbocycles. The predicted molar refractivity (Wildman–Crippen MR) is 114 cm³/mol. The van der Waals surface area contributed by atoms with Crippen molar-refractivity contribution in [2.45, 2.75) is 19.5 Å². The number of rotatable bonds is 10. The van der Waals surface area contributed by atoms with E-state index in [2.05, 4.69) is 5.32 Å². The van der Waals surface area contributed by atoms with Gasteiger partial charge in [-0.05, 0) is 23.3 Å². The molecular weight excluding hydrogens is 396 g/mol. The third-order valence-corrected chi connectivity index (χ3v) is 4.50. The van der Waals surface area contributed by atoms with Crippen LogP contribution in [0.3, 0.4) is 0 Å². The van der Waals surface area contributed by atoms with Crippen molar-refractivity contribution < 1.29 is 23.5 Å². The van der Waals surface area contributed by atoms with Gasteiger partial charge >= 0.3 is 5.97 Å². The van der Waals surface area contributed by atoms with Crippen LogP contribution in [0.25, 0.3) is 0 Å². The van der Waals surface area contributed by atoms with Crippen molar-refractivity contribution in [3.63, 3.8) is 0 Å². The lowest BCUT2D eigenvalue weighted by Gasteiger charge is -2.23. The van der Waals surface area contributed by atoms with Crippen molar-refractivity contribution >= 4 is 17.8 Å². The molecule has 0 fully saturated rings. The van der Waals surface area contributed by atoms with Crippen molar-refractivity contribution in [1.29, 1.82) is 0 Å². The lowest BCUT2D eigenvalue weighted by Crippen LogP contribution is -2.34. The molecule has 0 saturated heterocycles. The number of amides is 2. The Labute approximate surface area is 180 Å². The fourth-order valence-corrected chi connectivity index (χ4v) is 2.92. The molecule has 31 heavy (non-hydrogen) atoms. The molecule has 0 unspecified atom stereocenters. The zero-order valence-corrected chi connectivity index (χ0v) is 17.0. The number of hydrogen-bond donors (Lipinski definition) is 1. The Bertz CT molecular complexity index is 930. The Morgan fingerprint density at radius 2 is 1.45 bits per heavy atom. The number of carbonyl (C=O) groups is 3. The van der Waals surface area contributed by atoms with Crippen molar-refractivity contribution in [1.82, 2.24) is 10.2 Å². The monoisotopic (exact) mass is 420 g/mol. The second-order valence-electron chi connectivity index (χ2n) is 6.86. The highest BCUT2D eigenvalue weighted by atomic mass is 16.5. The summed E-state index contributed by atoms with van der Waals surface area (Å²) in [6.07, 6.45) is 1.35. The lowest BCUT2D eigenvalue weighted by molar-refractivity contribution is -0.152. The van der Waals surface area contributed by atoms with Crippen molar-refractivity contribution in [3.05, 3.63) is 95.9 Å². The molecule has 1 aromatic heterocycles. The topological polar surface area (TPSA) is 88.9 Å². The van der Waals surface area contributed by atoms with E-state index in [4.69, 9.17) is 9.15 Å². The molecule has 7 nitrogen and oxygen atoms in total. The van der Waals surface area contributed by atoms with Gasteiger partial charge < -0.3 is 19.4 Å². The molecule has 0 aliphatic carbocycles. The molecular formula is C24H24N2O5. The predicted octanol–water partition coefficient (Wildman–Crippen LogP) is 3.17. The van der Waals surface area contributed by atoms with Gasteiger partial charge in [-0.15, -0.1) is 0 Å². The maximum absolute atomic E-state index is 12.8. The van der Waals surface area contributed by atoms with Gasteiger partial charge in [-0.3, -0.25) is 14.4 Å². The Morgan fingerprint density at radius 3 is 2.00 bits per heavy atom. The molecule has 3 aromatic rings. The molecule has 0 aliphatic heterocycles. The summed E-state index contributed by atoms with van der Waals surface area (Å²) in [4.78, 5) is 38.2. The highest BCUT2D eigenvalue weighted by Gasteiger charge is 2.17. The average Bonchev–Trinajstić information content (AvgIpc) is 3.33. The molecule has 0 spiro atoms. The summed E-state index contributed by atoms with van der Waals surface area (Å²) in [6, 6.07) is 22.4. The van der Waals surface area contributed by atoms with Crippen molar-refractivity contribution in [3.8, 4) is 0 Å². The van der Waals surface area contributed by atoms with Gasteiger partial charge in [-0.25, -0.2) is 0 Å². The zero-order valence-electron chi connectivity index (χ0n) is 17.0. The van der Waals surface area contributed by atoms with Crippen LogP contribution in [-0.2, 0) is 27.4 Å². The molecule has 1 heterocycles. The van der Waals surface area contributed by atoms with Gasteiger partial charge in [0.15, 0.2) is 12.4 Å². The first kappa shape index (κ1) is 21.8. The third kappa shape index (κ3) is 7.15. The van der Waals surface area contributed by atoms with E-state index in [0.29, 0.717) is 13.1 Å². The van der Waals surface area contributed by atoms with Gasteiger partial charge in [-0.1, -0.05) is 60.7 Å². The van der Waals surface area contributed by atoms with E-state index in [1.165, 1.54) is 12.3 Å². The highest BCUT2D eigenvalue weighted by molar-refractivity contribution is 5.91. The summed E-state index contributed by atoms with van der Waals surface area (Å²) in [5.41, 5.74) is 1.97. The molecule has 0 bridgehead atoms. The van der Waals surface area contributed by atoms with E-state index in [-0.39, 0.29) is 31.2 Å². The van der Waals surface area contributed by atoms with Crippen molar-refractivity contribution in [2.24, 2.45) is 0 Å². The van der Waals surface area contributed by atoms with Gasteiger partial charge in [0.1, 0.15) is 0 Å². The second kappa shape index (κ2) is 11.3. The number of furan rings is 1. The number of benzene rings is 2. The maximum atomic E-state index is 12.8. The largest absolute Gasteiger partial charge is 0.459 e. The molecule has 0 aliphatic rings. The smallest absolute Gasteiger partial charge is 0.308 e. The maximum Gasteiger partial charge on any atom is 0.308 e. The minimum atomic E-state index is -0.563. The number of ether oxygens (including phenoxy) is 1. The zero-order chi connectivity index (χ0) is 21.9. The SMILES string of the molecule is O=C(CCNC(=O)c1ccco1)OCC(=O)N(Cc1ccccc1)Cc1ccccc1. The normalized spacial score (nSPS) is 10.3. The fraction of sp³-hybridized carbons (Fsp3) is 0.208. The highest BCUT2D eigenvalue weighted by Crippen LogP contribution is 2.11. The molecule has 2 amide bonds. The van der Waals surface area contributed by atoms with Crippen LogP contribution in [0.4, 0.5) is 0 Å². The molecule has 3 rings (SSSR count). The first-order valence-electron chi connectivity index (χ1n) is 9.95. The van der Waals surface area contributed by atoms with E-state index >= 15 is 0 Å². The number of nitrogens with zero attached hydrogens (tertiary/aromatic N) is 1. The summed E-state index contributed by atoms with van der Waals surface area (Å²) in [5.74, 6) is -1.10. The van der Waals surface area contributed by atoms with Gasteiger partial charge in [0.2, 0.25) is 0 Å². The van der Waals surface area contributed by atoms with E-state index in [9.17, 15) is 14.4 Å². The number of esters is 1. The van der Waals surface area contributed by atoms with Crippen LogP contribution in [0, 0.1) is 0 Å². The Balaban J connectivity index is 1.49. The third-order valence-electron chi connectivity index (χ3n) is 4.50. The number of carbonyl (C=O) groups excluding carboxylic acids is 3. The standard InChI is InChI=1S/C24H24N2O5/c27-22(18-31-23(28)13-14-25-24(29)21-12-7-15-30-21)26(16-19-8-3-1-4-9-19)17-20-10-5-2-6-11-20/h1-12,15H,13-14,16-18H2,(H,25,29). The summed E-state index contributed by atoms with van der Waals surface area (Å²) < 4.78 is 10.1. The number of hydrogen-bond acceptors (Lipinski definition) is 5. The summed E-state index contributed by atoms with van der Waals surface area (Å²) >= 11 is 0. The average molecular weight is 420 g/mol. The van der Waals surface area contributed by atoms with Crippen LogP contribution in [0.1, 0.15) is 28.1 Å². The van der Waals surface area contributed by atoms with Crippen LogP contribution in [0.5, 0.6) is 0 Å². The van der Waals surface area contributed by atoms with Gasteiger partial charge in [0.05, 0.1) is 12.7 Å². The summed E-state index contributed by atoms with van der Waals surface area (Å²) in [5, 5.41) is 2.56. The minimum absolute atomic E-state index is 0.0445. The molecule has 7 heteroatoms. The Morgan fingerprint density at radius 1 is 0.839 bits per heavy atom. The quantitative estimate of drug-likeness (QED) is 0.509. The van der Waals surface area contributed by atoms with Crippen LogP contribution in [0.2, 0.25) is 0 Å². The van der Waals surface area contributed by atoms with Crippen LogP contribution >= 0.6 is 0 Å². The first-order valence-corrected chi connectivity index (χ1v) is 9.95. The van der Waals surface area contributed by atoms with Crippen LogP contribution in [0.15, 0.2) is 83.5 Å². The Kier molecular flexibility index (Phi) is 7.99.